The molecular weight excluding hydrogens is 258 g/mol. The van der Waals surface area contributed by atoms with Crippen LogP contribution in [0.15, 0.2) is 11.6 Å². The van der Waals surface area contributed by atoms with Crippen molar-refractivity contribution in [2.24, 2.45) is 0 Å². The minimum Gasteiger partial charge on any atom is -0.375 e. The lowest BCUT2D eigenvalue weighted by atomic mass is 9.94. The molecule has 1 aliphatic heterocycles. The molecule has 0 aliphatic carbocycles. The average Bonchev–Trinajstić information content (AvgIpc) is 2.86. The van der Waals surface area contributed by atoms with Crippen molar-refractivity contribution in [3.8, 4) is 0 Å². The minimum absolute atomic E-state index is 0.0000768. The third-order valence-electron chi connectivity index (χ3n) is 3.82. The average molecular weight is 279 g/mol. The van der Waals surface area contributed by atoms with Gasteiger partial charge in [0, 0.05) is 30.8 Å². The highest BCUT2D eigenvalue weighted by molar-refractivity contribution is 7.15. The second-order valence-electron chi connectivity index (χ2n) is 5.88. The third-order valence-corrected chi connectivity index (χ3v) is 4.57. The van der Waals surface area contributed by atoms with Gasteiger partial charge >= 0.3 is 0 Å². The number of fused-ring (bicyclic) bond motifs is 1. The van der Waals surface area contributed by atoms with Crippen LogP contribution in [0.2, 0.25) is 0 Å². The first-order valence-corrected chi connectivity index (χ1v) is 7.71. The number of nitrogens with one attached hydrogen (secondary N) is 1. The van der Waals surface area contributed by atoms with Crippen LogP contribution >= 0.6 is 11.3 Å². The predicted molar refractivity (Wildman–Crippen MR) is 77.7 cm³/mol. The smallest absolute Gasteiger partial charge is 0.194 e. The lowest BCUT2D eigenvalue weighted by Crippen LogP contribution is -2.43. The quantitative estimate of drug-likeness (QED) is 0.939. The molecule has 0 spiro atoms. The molecule has 104 valence electrons. The second kappa shape index (κ2) is 4.89. The van der Waals surface area contributed by atoms with E-state index in [1.54, 1.807) is 11.3 Å². The van der Waals surface area contributed by atoms with Crippen molar-refractivity contribution in [2.75, 3.05) is 6.61 Å². The zero-order chi connectivity index (χ0) is 13.5. The van der Waals surface area contributed by atoms with Gasteiger partial charge in [-0.25, -0.2) is 4.98 Å². The van der Waals surface area contributed by atoms with Gasteiger partial charge < -0.3 is 10.1 Å². The first-order chi connectivity index (χ1) is 9.05. The Hall–Kier alpha value is -0.910. The van der Waals surface area contributed by atoms with E-state index >= 15 is 0 Å². The Labute approximate surface area is 117 Å². The number of hydrogen-bond acceptors (Lipinski definition) is 4. The van der Waals surface area contributed by atoms with Crippen LogP contribution in [0.25, 0.3) is 4.96 Å². The summed E-state index contributed by atoms with van der Waals surface area (Å²) in [6.45, 7) is 8.16. The lowest BCUT2D eigenvalue weighted by Gasteiger charge is -2.36. The van der Waals surface area contributed by atoms with E-state index in [4.69, 9.17) is 4.74 Å². The summed E-state index contributed by atoms with van der Waals surface area (Å²) in [4.78, 5) is 5.67. The lowest BCUT2D eigenvalue weighted by molar-refractivity contribution is -0.0631. The number of aromatic nitrogens is 2. The van der Waals surface area contributed by atoms with Crippen molar-refractivity contribution in [3.05, 3.63) is 23.0 Å². The number of imidazole rings is 1. The van der Waals surface area contributed by atoms with Crippen molar-refractivity contribution >= 4 is 16.3 Å². The first-order valence-electron chi connectivity index (χ1n) is 6.83. The van der Waals surface area contributed by atoms with E-state index < -0.39 is 0 Å². The van der Waals surface area contributed by atoms with Gasteiger partial charge in [0.25, 0.3) is 0 Å². The number of ether oxygens (including phenoxy) is 1. The van der Waals surface area contributed by atoms with Crippen LogP contribution in [0, 0.1) is 6.92 Å². The van der Waals surface area contributed by atoms with Gasteiger partial charge in [0.2, 0.25) is 0 Å². The maximum absolute atomic E-state index is 5.76. The summed E-state index contributed by atoms with van der Waals surface area (Å²) in [6, 6.07) is 0.535. The van der Waals surface area contributed by atoms with E-state index in [1.807, 2.05) is 0 Å². The van der Waals surface area contributed by atoms with Crippen LogP contribution in [-0.4, -0.2) is 27.6 Å². The van der Waals surface area contributed by atoms with E-state index in [2.05, 4.69) is 47.0 Å². The van der Waals surface area contributed by atoms with Crippen molar-refractivity contribution in [3.63, 3.8) is 0 Å². The molecule has 0 amide bonds. The van der Waals surface area contributed by atoms with Gasteiger partial charge in [-0.3, -0.25) is 4.40 Å². The van der Waals surface area contributed by atoms with Gasteiger partial charge in [-0.1, -0.05) is 0 Å². The van der Waals surface area contributed by atoms with Gasteiger partial charge in [-0.15, -0.1) is 11.3 Å². The molecule has 0 aromatic carbocycles. The van der Waals surface area contributed by atoms with E-state index in [9.17, 15) is 0 Å². The maximum Gasteiger partial charge on any atom is 0.194 e. The number of aryl methyl sites for hydroxylation is 1. The summed E-state index contributed by atoms with van der Waals surface area (Å²) in [6.07, 6.45) is 4.26. The van der Waals surface area contributed by atoms with Crippen LogP contribution in [-0.2, 0) is 11.3 Å². The monoisotopic (exact) mass is 279 g/mol. The Balaban J connectivity index is 1.69. The van der Waals surface area contributed by atoms with Gasteiger partial charge in [-0.2, -0.15) is 0 Å². The Morgan fingerprint density at radius 3 is 3.21 bits per heavy atom. The molecule has 3 heterocycles. The summed E-state index contributed by atoms with van der Waals surface area (Å²) >= 11 is 1.69. The van der Waals surface area contributed by atoms with Gasteiger partial charge in [-0.05, 0) is 33.6 Å². The van der Waals surface area contributed by atoms with Crippen molar-refractivity contribution in [1.29, 1.82) is 0 Å². The van der Waals surface area contributed by atoms with Crippen molar-refractivity contribution in [2.45, 2.75) is 51.8 Å². The Kier molecular flexibility index (Phi) is 3.37. The molecular formula is C14H21N3OS. The number of rotatable bonds is 3. The molecule has 1 unspecified atom stereocenters. The SMILES string of the molecule is Cc1nc2sccn2c1CNC1CCOC(C)(C)C1. The maximum atomic E-state index is 5.76. The normalized spacial score (nSPS) is 23.0. The molecule has 0 radical (unpaired) electrons. The predicted octanol–water partition coefficient (Wildman–Crippen LogP) is 2.75. The molecule has 2 aromatic heterocycles. The number of thiazole rings is 1. The molecule has 1 atom stereocenters. The summed E-state index contributed by atoms with van der Waals surface area (Å²) in [5.41, 5.74) is 2.41. The molecule has 0 saturated carbocycles. The van der Waals surface area contributed by atoms with E-state index in [1.165, 1.54) is 5.69 Å². The largest absolute Gasteiger partial charge is 0.375 e. The zero-order valence-electron chi connectivity index (χ0n) is 11.8. The molecule has 5 heteroatoms. The van der Waals surface area contributed by atoms with E-state index in [-0.39, 0.29) is 5.60 Å². The highest BCUT2D eigenvalue weighted by atomic mass is 32.1. The highest BCUT2D eigenvalue weighted by Gasteiger charge is 2.28. The fourth-order valence-electron chi connectivity index (χ4n) is 2.80. The first kappa shape index (κ1) is 13.1. The molecule has 1 aliphatic rings. The molecule has 4 nitrogen and oxygen atoms in total. The van der Waals surface area contributed by atoms with E-state index in [0.29, 0.717) is 6.04 Å². The number of nitrogens with zero attached hydrogens (tertiary/aromatic N) is 2. The van der Waals surface area contributed by atoms with Crippen LogP contribution in [0.3, 0.4) is 0 Å². The molecule has 1 saturated heterocycles. The standard InChI is InChI=1S/C14H21N3OS/c1-10-12(17-5-7-19-13(17)16-10)9-15-11-4-6-18-14(2,3)8-11/h5,7,11,15H,4,6,8-9H2,1-3H3. The fraction of sp³-hybridized carbons (Fsp3) is 0.643. The van der Waals surface area contributed by atoms with Crippen LogP contribution in [0.4, 0.5) is 0 Å². The number of hydrogen-bond donors (Lipinski definition) is 1. The van der Waals surface area contributed by atoms with Crippen molar-refractivity contribution < 1.29 is 4.74 Å². The second-order valence-corrected chi connectivity index (χ2v) is 6.75. The topological polar surface area (TPSA) is 38.6 Å². The molecule has 3 rings (SSSR count). The highest BCUT2D eigenvalue weighted by Crippen LogP contribution is 2.24. The van der Waals surface area contributed by atoms with E-state index in [0.717, 1.165) is 36.6 Å². The summed E-state index contributed by atoms with van der Waals surface area (Å²) in [5, 5.41) is 5.75. The zero-order valence-corrected chi connectivity index (χ0v) is 12.6. The summed E-state index contributed by atoms with van der Waals surface area (Å²) in [7, 11) is 0. The Morgan fingerprint density at radius 1 is 1.58 bits per heavy atom. The fourth-order valence-corrected chi connectivity index (χ4v) is 3.58. The van der Waals surface area contributed by atoms with Crippen molar-refractivity contribution in [1.82, 2.24) is 14.7 Å². The van der Waals surface area contributed by atoms with Crippen LogP contribution < -0.4 is 5.32 Å². The van der Waals surface area contributed by atoms with Crippen LogP contribution in [0.5, 0.6) is 0 Å². The molecule has 2 aromatic rings. The molecule has 1 fully saturated rings. The van der Waals surface area contributed by atoms with Gasteiger partial charge in [0.15, 0.2) is 4.96 Å². The molecule has 19 heavy (non-hydrogen) atoms. The Bertz CT molecular complexity index is 572. The summed E-state index contributed by atoms with van der Waals surface area (Å²) < 4.78 is 7.95. The van der Waals surface area contributed by atoms with Gasteiger partial charge in [0.1, 0.15) is 0 Å². The minimum atomic E-state index is 0.0000768. The molecule has 0 bridgehead atoms. The molecule has 1 N–H and O–H groups in total. The summed E-state index contributed by atoms with van der Waals surface area (Å²) in [5.74, 6) is 0. The Morgan fingerprint density at radius 2 is 2.42 bits per heavy atom. The van der Waals surface area contributed by atoms with Crippen LogP contribution in [0.1, 0.15) is 38.1 Å². The van der Waals surface area contributed by atoms with Gasteiger partial charge in [0.05, 0.1) is 17.0 Å². The third kappa shape index (κ3) is 2.68.